The summed E-state index contributed by atoms with van der Waals surface area (Å²) in [5, 5.41) is 23.5. The number of carbonyl (C=O) groups excluding carboxylic acids is 6. The molecule has 0 radical (unpaired) electrons. The summed E-state index contributed by atoms with van der Waals surface area (Å²) >= 11 is 2.90. The van der Waals surface area contributed by atoms with Gasteiger partial charge in [0.2, 0.25) is 23.6 Å². The molecular weight excluding hydrogens is 949 g/mol. The zero-order valence-electron chi connectivity index (χ0n) is 42.7. The van der Waals surface area contributed by atoms with Gasteiger partial charge < -0.3 is 41.7 Å². The molecule has 16 nitrogen and oxygen atoms in total. The van der Waals surface area contributed by atoms with Crippen LogP contribution in [0, 0.1) is 10.8 Å². The Balaban J connectivity index is 1.07. The molecule has 2 aliphatic heterocycles. The molecule has 382 valence electrons. The molecule has 2 aliphatic rings. The van der Waals surface area contributed by atoms with E-state index in [1.165, 1.54) is 22.7 Å². The molecule has 0 aliphatic carbocycles. The first-order chi connectivity index (χ1) is 34.2. The number of aromatic nitrogens is 2. The highest BCUT2D eigenvalue weighted by Crippen LogP contribution is 2.40. The van der Waals surface area contributed by atoms with E-state index in [-0.39, 0.29) is 48.5 Å². The summed E-state index contributed by atoms with van der Waals surface area (Å²) < 4.78 is 0. The van der Waals surface area contributed by atoms with Crippen molar-refractivity contribution in [2.45, 2.75) is 117 Å². The van der Waals surface area contributed by atoms with Crippen LogP contribution < -0.4 is 31.9 Å². The molecule has 0 bridgehead atoms. The second kappa shape index (κ2) is 22.6. The lowest BCUT2D eigenvalue weighted by atomic mass is 9.85. The fourth-order valence-corrected chi connectivity index (χ4v) is 10.8. The highest BCUT2D eigenvalue weighted by atomic mass is 32.1. The minimum absolute atomic E-state index is 0.189. The Morgan fingerprint density at radius 2 is 0.903 bits per heavy atom. The van der Waals surface area contributed by atoms with Gasteiger partial charge >= 0.3 is 0 Å². The van der Waals surface area contributed by atoms with Crippen molar-refractivity contribution in [1.82, 2.24) is 51.7 Å². The molecule has 0 unspecified atom stereocenters. The van der Waals surface area contributed by atoms with E-state index in [1.54, 1.807) is 62.0 Å². The van der Waals surface area contributed by atoms with Gasteiger partial charge in [-0.1, -0.05) is 102 Å². The van der Waals surface area contributed by atoms with Gasteiger partial charge in [-0.05, 0) is 75.9 Å². The van der Waals surface area contributed by atoms with E-state index >= 15 is 0 Å². The lowest BCUT2D eigenvalue weighted by molar-refractivity contribution is -0.140. The number of benzene rings is 3. The number of nitrogens with one attached hydrogen (secondary N) is 6. The predicted molar refractivity (Wildman–Crippen MR) is 282 cm³/mol. The van der Waals surface area contributed by atoms with Gasteiger partial charge in [0.1, 0.15) is 22.1 Å². The average molecular weight is 1020 g/mol. The predicted octanol–water partition coefficient (Wildman–Crippen LogP) is 6.36. The van der Waals surface area contributed by atoms with Gasteiger partial charge in [0.05, 0.1) is 35.6 Å². The number of carbonyl (C=O) groups is 6. The zero-order chi connectivity index (χ0) is 52.1. The van der Waals surface area contributed by atoms with Crippen molar-refractivity contribution in [1.29, 1.82) is 0 Å². The molecule has 18 heteroatoms. The van der Waals surface area contributed by atoms with Crippen LogP contribution in [0.3, 0.4) is 0 Å². The normalized spacial score (nSPS) is 19.8. The molecule has 0 saturated carbocycles. The number of hydrogen-bond acceptors (Lipinski definition) is 12. The third-order valence-electron chi connectivity index (χ3n) is 13.5. The number of rotatable bonds is 16. The molecule has 7 rings (SSSR count). The van der Waals surface area contributed by atoms with Gasteiger partial charge in [0.25, 0.3) is 11.8 Å². The van der Waals surface area contributed by atoms with E-state index in [1.807, 2.05) is 113 Å². The quantitative estimate of drug-likeness (QED) is 0.0646. The van der Waals surface area contributed by atoms with E-state index in [2.05, 4.69) is 31.9 Å². The minimum Gasteiger partial charge on any atom is -0.347 e. The van der Waals surface area contributed by atoms with Crippen LogP contribution in [-0.2, 0) is 19.2 Å². The summed E-state index contributed by atoms with van der Waals surface area (Å²) in [6.45, 7) is 15.3. The first-order valence-corrected chi connectivity index (χ1v) is 26.2. The molecule has 2 fully saturated rings. The Labute approximate surface area is 430 Å². The highest BCUT2D eigenvalue weighted by molar-refractivity contribution is 7.10. The van der Waals surface area contributed by atoms with Crippen LogP contribution in [0.15, 0.2) is 95.7 Å². The standard InChI is InChI=1S/C54H68N10O6S2/c1-31(55-9)45(65)61-43(53(3,4)5)51(69)63-27-37(25-41(63)49-59-39(29-71-49)33-17-13-11-14-18-33)57-47(67)35-21-23-36(24-22-35)48(68)58-38-26-42(50-60-40(30-72-50)34-19-15-12-16-20-34)64(28-38)52(70)44(54(6,7)8)62-46(66)32(2)56-10/h11-24,29-32,37-38,41-44,55-56H,25-28H2,1-10H3,(H,57,67)(H,58,68)(H,61,65)(H,62,66)/t31-,32-,37-,38-,41-,42-,43+,44+/m0/s1. The maximum atomic E-state index is 14.6. The Kier molecular flexibility index (Phi) is 16.8. The maximum absolute atomic E-state index is 14.6. The van der Waals surface area contributed by atoms with Gasteiger partial charge in [-0.25, -0.2) is 9.97 Å². The van der Waals surface area contributed by atoms with Crippen molar-refractivity contribution < 1.29 is 28.8 Å². The Hall–Kier alpha value is -6.34. The highest BCUT2D eigenvalue weighted by Gasteiger charge is 2.46. The van der Waals surface area contributed by atoms with Crippen LogP contribution in [0.1, 0.15) is 111 Å². The van der Waals surface area contributed by atoms with Crippen molar-refractivity contribution in [3.8, 4) is 22.5 Å². The third-order valence-corrected chi connectivity index (χ3v) is 15.3. The van der Waals surface area contributed by atoms with Crippen molar-refractivity contribution in [3.63, 3.8) is 0 Å². The number of likely N-dealkylation sites (tertiary alicyclic amines) is 2. The third kappa shape index (κ3) is 12.5. The van der Waals surface area contributed by atoms with Crippen LogP contribution in [0.4, 0.5) is 0 Å². The largest absolute Gasteiger partial charge is 0.347 e. The van der Waals surface area contributed by atoms with E-state index in [9.17, 15) is 28.8 Å². The average Bonchev–Trinajstić information content (AvgIpc) is 4.21. The molecule has 8 atom stereocenters. The first-order valence-electron chi connectivity index (χ1n) is 24.5. The van der Waals surface area contributed by atoms with Crippen LogP contribution in [0.2, 0.25) is 0 Å². The summed E-state index contributed by atoms with van der Waals surface area (Å²) in [6, 6.07) is 21.4. The van der Waals surface area contributed by atoms with Crippen molar-refractivity contribution in [2.24, 2.45) is 10.8 Å². The Bertz CT molecular complexity index is 2530. The second-order valence-corrected chi connectivity index (χ2v) is 22.7. The van der Waals surface area contributed by atoms with Gasteiger partial charge in [0.15, 0.2) is 0 Å². The lowest BCUT2D eigenvalue weighted by Crippen LogP contribution is -2.57. The molecule has 3 aromatic carbocycles. The summed E-state index contributed by atoms with van der Waals surface area (Å²) in [6.07, 6.45) is 0.789. The second-order valence-electron chi connectivity index (χ2n) is 20.9. The number of thiazole rings is 2. The van der Waals surface area contributed by atoms with E-state index in [0.29, 0.717) is 24.0 Å². The van der Waals surface area contributed by atoms with Crippen LogP contribution in [-0.4, -0.2) is 119 Å². The van der Waals surface area contributed by atoms with Crippen LogP contribution in [0.25, 0.3) is 22.5 Å². The Morgan fingerprint density at radius 1 is 0.556 bits per heavy atom. The zero-order valence-corrected chi connectivity index (χ0v) is 44.4. The van der Waals surface area contributed by atoms with E-state index in [0.717, 1.165) is 32.5 Å². The maximum Gasteiger partial charge on any atom is 0.251 e. The summed E-state index contributed by atoms with van der Waals surface area (Å²) in [5.41, 5.74) is 2.84. The number of likely N-dealkylation sites (N-methyl/N-ethyl adjacent to an activating group) is 2. The topological polar surface area (TPSA) is 207 Å². The van der Waals surface area contributed by atoms with Gasteiger partial charge in [0, 0.05) is 58.2 Å². The molecule has 2 aromatic heterocycles. The monoisotopic (exact) mass is 1020 g/mol. The molecule has 6 N–H and O–H groups in total. The molecule has 5 aromatic rings. The van der Waals surface area contributed by atoms with Crippen molar-refractivity contribution in [3.05, 3.63) is 117 Å². The molecule has 4 heterocycles. The molecule has 72 heavy (non-hydrogen) atoms. The fourth-order valence-electron chi connectivity index (χ4n) is 8.94. The van der Waals surface area contributed by atoms with Gasteiger partial charge in [-0.2, -0.15) is 0 Å². The number of hydrogen-bond donors (Lipinski definition) is 6. The smallest absolute Gasteiger partial charge is 0.251 e. The Morgan fingerprint density at radius 3 is 1.22 bits per heavy atom. The first kappa shape index (κ1) is 53.5. The molecule has 6 amide bonds. The minimum atomic E-state index is -0.858. The number of nitrogens with zero attached hydrogens (tertiary/aromatic N) is 4. The summed E-state index contributed by atoms with van der Waals surface area (Å²) in [7, 11) is 3.38. The van der Waals surface area contributed by atoms with Gasteiger partial charge in [-0.15, -0.1) is 22.7 Å². The SMILES string of the molecule is CN[C@@H](C)C(=O)N[C@H](C(=O)N1C[C@@H](NC(=O)c2ccc(C(=O)N[C@H]3C[C@@H](c4nc(-c5ccccc5)cs4)N(C(=O)[C@@H](NC(=O)[C@H](C)NC)C(C)(C)C)C3)cc2)C[C@H]1c1nc(-c2ccccc2)cs1)C(C)(C)C. The van der Waals surface area contributed by atoms with Gasteiger partial charge in [-0.3, -0.25) is 28.8 Å². The summed E-state index contributed by atoms with van der Waals surface area (Å²) in [4.78, 5) is 96.9. The molecule has 0 spiro atoms. The summed E-state index contributed by atoms with van der Waals surface area (Å²) in [5.74, 6) is -1.87. The van der Waals surface area contributed by atoms with Crippen LogP contribution >= 0.6 is 22.7 Å². The fraction of sp³-hybridized carbons (Fsp3) is 0.444. The lowest BCUT2D eigenvalue weighted by Gasteiger charge is -2.36. The van der Waals surface area contributed by atoms with Crippen LogP contribution in [0.5, 0.6) is 0 Å². The number of amides is 6. The van der Waals surface area contributed by atoms with Crippen molar-refractivity contribution >= 4 is 58.1 Å². The van der Waals surface area contributed by atoms with Crippen molar-refractivity contribution in [2.75, 3.05) is 27.2 Å². The van der Waals surface area contributed by atoms with E-state index in [4.69, 9.17) is 9.97 Å². The van der Waals surface area contributed by atoms with E-state index < -0.39 is 59.2 Å². The molecule has 2 saturated heterocycles. The molecular formula is C54H68N10O6S2.